The molecule has 0 saturated carbocycles. The van der Waals surface area contributed by atoms with Crippen molar-refractivity contribution in [3.05, 3.63) is 59.9 Å². The number of amides is 1. The maximum Gasteiger partial charge on any atom is 0.224 e. The summed E-state index contributed by atoms with van der Waals surface area (Å²) in [4.78, 5) is 30.3. The Labute approximate surface area is 146 Å². The fourth-order valence-electron chi connectivity index (χ4n) is 2.71. The Hall–Kier alpha value is -2.73. The van der Waals surface area contributed by atoms with Gasteiger partial charge in [0.2, 0.25) is 5.91 Å². The zero-order valence-corrected chi connectivity index (χ0v) is 14.0. The molecule has 1 aromatic carbocycles. The Morgan fingerprint density at radius 3 is 2.56 bits per heavy atom. The number of carbonyl (C=O) groups excluding carboxylic acids is 2. The summed E-state index contributed by atoms with van der Waals surface area (Å²) in [5.41, 5.74) is 2.50. The number of benzene rings is 1. The first-order valence-electron chi connectivity index (χ1n) is 8.34. The fourth-order valence-corrected chi connectivity index (χ4v) is 2.71. The van der Waals surface area contributed by atoms with Gasteiger partial charge in [-0.15, -0.1) is 0 Å². The molecule has 0 aliphatic carbocycles. The van der Waals surface area contributed by atoms with Crippen LogP contribution in [0.1, 0.15) is 15.9 Å². The molecule has 6 heteroatoms. The number of morpholine rings is 1. The van der Waals surface area contributed by atoms with Gasteiger partial charge in [0.05, 0.1) is 26.2 Å². The van der Waals surface area contributed by atoms with Crippen molar-refractivity contribution >= 4 is 17.4 Å². The van der Waals surface area contributed by atoms with Gasteiger partial charge >= 0.3 is 0 Å². The first-order valence-corrected chi connectivity index (χ1v) is 8.34. The number of aromatic nitrogens is 1. The van der Waals surface area contributed by atoms with E-state index < -0.39 is 0 Å². The van der Waals surface area contributed by atoms with Gasteiger partial charge in [0.1, 0.15) is 0 Å². The van der Waals surface area contributed by atoms with Crippen LogP contribution in [-0.2, 0) is 16.0 Å². The van der Waals surface area contributed by atoms with E-state index in [2.05, 4.69) is 15.2 Å². The minimum absolute atomic E-state index is 0.00397. The van der Waals surface area contributed by atoms with Crippen molar-refractivity contribution in [2.75, 3.05) is 37.7 Å². The summed E-state index contributed by atoms with van der Waals surface area (Å²) >= 11 is 0. The lowest BCUT2D eigenvalue weighted by molar-refractivity contribution is -0.120. The lowest BCUT2D eigenvalue weighted by Gasteiger charge is -2.28. The number of anilines is 1. The van der Waals surface area contributed by atoms with E-state index in [4.69, 9.17) is 4.74 Å². The zero-order valence-electron chi connectivity index (χ0n) is 14.0. The monoisotopic (exact) mass is 339 g/mol. The summed E-state index contributed by atoms with van der Waals surface area (Å²) < 4.78 is 5.34. The average Bonchev–Trinajstić information content (AvgIpc) is 2.68. The molecule has 0 bridgehead atoms. The summed E-state index contributed by atoms with van der Waals surface area (Å²) in [5, 5.41) is 2.66. The molecule has 1 aromatic heterocycles. The third-order valence-corrected chi connectivity index (χ3v) is 4.10. The highest BCUT2D eigenvalue weighted by Crippen LogP contribution is 2.16. The van der Waals surface area contributed by atoms with Gasteiger partial charge in [-0.25, -0.2) is 0 Å². The Balaban J connectivity index is 1.50. The number of nitrogens with one attached hydrogen (secondary N) is 1. The largest absolute Gasteiger partial charge is 0.378 e. The number of hydrogen-bond donors (Lipinski definition) is 1. The number of ether oxygens (including phenoxy) is 1. The minimum Gasteiger partial charge on any atom is -0.378 e. The SMILES string of the molecule is O=C(Cc1cccnc1)NCC(=O)c1ccc(N2CCOCC2)cc1. The standard InChI is InChI=1S/C19H21N3O3/c23-18(14-21-19(24)12-15-2-1-7-20-13-15)16-3-5-17(6-4-16)22-8-10-25-11-9-22/h1-7,13H,8-12,14H2,(H,21,24). The van der Waals surface area contributed by atoms with Crippen molar-refractivity contribution in [1.29, 1.82) is 0 Å². The van der Waals surface area contributed by atoms with Crippen molar-refractivity contribution in [3.63, 3.8) is 0 Å². The molecule has 0 spiro atoms. The molecule has 1 aliphatic heterocycles. The van der Waals surface area contributed by atoms with Gasteiger partial charge in [-0.3, -0.25) is 14.6 Å². The highest BCUT2D eigenvalue weighted by atomic mass is 16.5. The topological polar surface area (TPSA) is 71.5 Å². The van der Waals surface area contributed by atoms with Crippen LogP contribution in [0.15, 0.2) is 48.8 Å². The number of nitrogens with zero attached hydrogens (tertiary/aromatic N) is 2. The van der Waals surface area contributed by atoms with E-state index in [1.807, 2.05) is 18.2 Å². The van der Waals surface area contributed by atoms with Crippen LogP contribution in [0, 0.1) is 0 Å². The minimum atomic E-state index is -0.189. The number of pyridine rings is 1. The molecule has 0 unspecified atom stereocenters. The lowest BCUT2D eigenvalue weighted by Crippen LogP contribution is -2.36. The number of hydrogen-bond acceptors (Lipinski definition) is 5. The lowest BCUT2D eigenvalue weighted by atomic mass is 10.1. The maximum absolute atomic E-state index is 12.2. The third kappa shape index (κ3) is 4.87. The second kappa shape index (κ2) is 8.39. The van der Waals surface area contributed by atoms with Crippen molar-refractivity contribution in [2.45, 2.75) is 6.42 Å². The van der Waals surface area contributed by atoms with E-state index in [0.29, 0.717) is 5.56 Å². The molecule has 1 N–H and O–H groups in total. The maximum atomic E-state index is 12.2. The number of ketones is 1. The molecular formula is C19H21N3O3. The molecule has 25 heavy (non-hydrogen) atoms. The zero-order chi connectivity index (χ0) is 17.5. The summed E-state index contributed by atoms with van der Waals surface area (Å²) in [6, 6.07) is 11.1. The van der Waals surface area contributed by atoms with E-state index >= 15 is 0 Å². The first kappa shape index (κ1) is 17.1. The second-order valence-electron chi connectivity index (χ2n) is 5.88. The van der Waals surface area contributed by atoms with Crippen LogP contribution < -0.4 is 10.2 Å². The van der Waals surface area contributed by atoms with Gasteiger partial charge in [0.25, 0.3) is 0 Å². The van der Waals surface area contributed by atoms with Crippen LogP contribution in [-0.4, -0.2) is 49.5 Å². The van der Waals surface area contributed by atoms with Gasteiger partial charge in [-0.2, -0.15) is 0 Å². The predicted octanol–water partition coefficient (Wildman–Crippen LogP) is 1.46. The molecule has 1 fully saturated rings. The molecule has 1 aliphatic rings. The van der Waals surface area contributed by atoms with Crippen molar-refractivity contribution in [3.8, 4) is 0 Å². The van der Waals surface area contributed by atoms with E-state index in [1.165, 1.54) is 0 Å². The smallest absolute Gasteiger partial charge is 0.224 e. The summed E-state index contributed by atoms with van der Waals surface area (Å²) in [6.07, 6.45) is 3.52. The number of carbonyl (C=O) groups is 2. The van der Waals surface area contributed by atoms with E-state index in [0.717, 1.165) is 37.6 Å². The molecular weight excluding hydrogens is 318 g/mol. The van der Waals surface area contributed by atoms with Crippen molar-refractivity contribution in [2.24, 2.45) is 0 Å². The Morgan fingerprint density at radius 2 is 1.88 bits per heavy atom. The van der Waals surface area contributed by atoms with Gasteiger partial charge < -0.3 is 15.0 Å². The quantitative estimate of drug-likeness (QED) is 0.807. The normalized spacial score (nSPS) is 14.2. The Bertz CT molecular complexity index is 710. The molecule has 6 nitrogen and oxygen atoms in total. The van der Waals surface area contributed by atoms with Crippen LogP contribution in [0.4, 0.5) is 5.69 Å². The molecule has 2 aromatic rings. The highest BCUT2D eigenvalue weighted by molar-refractivity contribution is 5.99. The third-order valence-electron chi connectivity index (χ3n) is 4.10. The van der Waals surface area contributed by atoms with E-state index in [9.17, 15) is 9.59 Å². The number of rotatable bonds is 6. The van der Waals surface area contributed by atoms with Crippen LogP contribution in [0.2, 0.25) is 0 Å². The second-order valence-corrected chi connectivity index (χ2v) is 5.88. The van der Waals surface area contributed by atoms with Crippen molar-refractivity contribution < 1.29 is 14.3 Å². The van der Waals surface area contributed by atoms with Gasteiger partial charge in [-0.1, -0.05) is 6.07 Å². The van der Waals surface area contributed by atoms with Crippen LogP contribution in [0.5, 0.6) is 0 Å². The molecule has 1 saturated heterocycles. The first-order chi connectivity index (χ1) is 12.2. The van der Waals surface area contributed by atoms with Crippen LogP contribution >= 0.6 is 0 Å². The van der Waals surface area contributed by atoms with Crippen LogP contribution in [0.25, 0.3) is 0 Å². The molecule has 130 valence electrons. The average molecular weight is 339 g/mol. The predicted molar refractivity (Wildman–Crippen MR) is 94.8 cm³/mol. The van der Waals surface area contributed by atoms with E-state index in [1.54, 1.807) is 30.6 Å². The highest BCUT2D eigenvalue weighted by Gasteiger charge is 2.13. The van der Waals surface area contributed by atoms with Crippen LogP contribution in [0.3, 0.4) is 0 Å². The summed E-state index contributed by atoms with van der Waals surface area (Å²) in [6.45, 7) is 3.17. The van der Waals surface area contributed by atoms with Gasteiger partial charge in [0, 0.05) is 36.7 Å². The van der Waals surface area contributed by atoms with Gasteiger partial charge in [0.15, 0.2) is 5.78 Å². The molecule has 1 amide bonds. The Morgan fingerprint density at radius 1 is 1.12 bits per heavy atom. The Kier molecular flexibility index (Phi) is 5.74. The fraction of sp³-hybridized carbons (Fsp3) is 0.316. The number of Topliss-reactive ketones (excluding diaryl/α,β-unsaturated/α-hetero) is 1. The van der Waals surface area contributed by atoms with Crippen molar-refractivity contribution in [1.82, 2.24) is 10.3 Å². The molecule has 0 radical (unpaired) electrons. The summed E-state index contributed by atoms with van der Waals surface area (Å²) in [5.74, 6) is -0.292. The summed E-state index contributed by atoms with van der Waals surface area (Å²) in [7, 11) is 0. The molecule has 3 rings (SSSR count). The van der Waals surface area contributed by atoms with Gasteiger partial charge in [-0.05, 0) is 35.9 Å². The van der Waals surface area contributed by atoms with E-state index in [-0.39, 0.29) is 24.7 Å². The molecule has 0 atom stereocenters. The molecule has 2 heterocycles.